The van der Waals surface area contributed by atoms with Crippen molar-refractivity contribution in [1.82, 2.24) is 0 Å². The van der Waals surface area contributed by atoms with Crippen molar-refractivity contribution in [3.05, 3.63) is 70.8 Å². The van der Waals surface area contributed by atoms with E-state index in [-0.39, 0.29) is 23.8 Å². The van der Waals surface area contributed by atoms with Gasteiger partial charge in [-0.1, -0.05) is 36.4 Å². The number of ketones is 1. The van der Waals surface area contributed by atoms with Crippen LogP contribution in [0, 0.1) is 34.5 Å². The van der Waals surface area contributed by atoms with E-state index in [4.69, 9.17) is 4.74 Å². The number of rotatable bonds is 6. The molecule has 0 heterocycles. The molecule has 4 heteroatoms. The molecule has 0 aliphatic heterocycles. The van der Waals surface area contributed by atoms with E-state index in [0.29, 0.717) is 40.9 Å². The normalized spacial score (nSPS) is 28.2. The van der Waals surface area contributed by atoms with E-state index in [1.54, 1.807) is 24.3 Å². The molecule has 0 saturated heterocycles. The maximum atomic E-state index is 13.1. The van der Waals surface area contributed by atoms with Gasteiger partial charge in [-0.3, -0.25) is 9.59 Å². The Morgan fingerprint density at radius 3 is 2.23 bits per heavy atom. The maximum Gasteiger partial charge on any atom is 0.312 e. The quantitative estimate of drug-likeness (QED) is 0.489. The summed E-state index contributed by atoms with van der Waals surface area (Å²) in [5.41, 5.74) is 2.10. The first-order valence-electron chi connectivity index (χ1n) is 11.4. The molecule has 4 nitrogen and oxygen atoms in total. The van der Waals surface area contributed by atoms with Crippen LogP contribution >= 0.6 is 0 Å². The molecule has 0 radical (unpaired) electrons. The molecule has 0 spiro atoms. The lowest BCUT2D eigenvalue weighted by Crippen LogP contribution is -2.50. The van der Waals surface area contributed by atoms with E-state index in [9.17, 15) is 14.9 Å². The van der Waals surface area contributed by atoms with E-state index < -0.39 is 0 Å². The van der Waals surface area contributed by atoms with Gasteiger partial charge in [0.25, 0.3) is 0 Å². The van der Waals surface area contributed by atoms with E-state index in [1.165, 1.54) is 19.3 Å². The molecule has 0 atom stereocenters. The Hall–Kier alpha value is -2.93. The standard InChI is InChI=1S/C27H27NO3/c28-17-18-6-7-22(24(13-18)25(29)23-4-2-1-3-5-23)8-9-31-26(30)27-14-19-10-20(15-27)12-21(11-19)16-27/h1-7,13,19-21H,8-12,14-16H2. The van der Waals surface area contributed by atoms with Crippen molar-refractivity contribution in [2.45, 2.75) is 44.9 Å². The van der Waals surface area contributed by atoms with Gasteiger partial charge >= 0.3 is 5.97 Å². The minimum Gasteiger partial charge on any atom is -0.465 e. The molecule has 4 aliphatic carbocycles. The lowest BCUT2D eigenvalue weighted by atomic mass is 9.49. The van der Waals surface area contributed by atoms with Crippen LogP contribution in [0.2, 0.25) is 0 Å². The number of carbonyl (C=O) groups is 2. The Morgan fingerprint density at radius 2 is 1.61 bits per heavy atom. The zero-order valence-corrected chi connectivity index (χ0v) is 17.7. The van der Waals surface area contributed by atoms with Gasteiger partial charge in [-0.05, 0) is 74.0 Å². The van der Waals surface area contributed by atoms with Crippen LogP contribution in [0.5, 0.6) is 0 Å². The van der Waals surface area contributed by atoms with Gasteiger partial charge in [0, 0.05) is 17.5 Å². The Kier molecular flexibility index (Phi) is 5.14. The lowest BCUT2D eigenvalue weighted by Gasteiger charge is -2.55. The van der Waals surface area contributed by atoms with Crippen molar-refractivity contribution in [3.63, 3.8) is 0 Å². The first-order chi connectivity index (χ1) is 15.1. The highest BCUT2D eigenvalue weighted by atomic mass is 16.5. The summed E-state index contributed by atoms with van der Waals surface area (Å²) in [4.78, 5) is 26.1. The summed E-state index contributed by atoms with van der Waals surface area (Å²) in [7, 11) is 0. The minimum atomic E-state index is -0.262. The topological polar surface area (TPSA) is 67.2 Å². The van der Waals surface area contributed by atoms with Crippen LogP contribution < -0.4 is 0 Å². The van der Waals surface area contributed by atoms with E-state index in [0.717, 1.165) is 24.8 Å². The monoisotopic (exact) mass is 413 g/mol. The molecule has 2 aromatic carbocycles. The van der Waals surface area contributed by atoms with Crippen LogP contribution in [0.25, 0.3) is 0 Å². The molecule has 6 rings (SSSR count). The van der Waals surface area contributed by atoms with Crippen LogP contribution in [-0.2, 0) is 16.0 Å². The number of esters is 1. The van der Waals surface area contributed by atoms with E-state index in [1.807, 2.05) is 24.3 Å². The Labute approximate surface area is 183 Å². The Morgan fingerprint density at radius 1 is 0.968 bits per heavy atom. The number of hydrogen-bond acceptors (Lipinski definition) is 4. The van der Waals surface area contributed by atoms with Gasteiger partial charge in [0.15, 0.2) is 5.78 Å². The van der Waals surface area contributed by atoms with Gasteiger partial charge in [-0.2, -0.15) is 5.26 Å². The summed E-state index contributed by atoms with van der Waals surface area (Å²) in [6.45, 7) is 0.265. The molecular formula is C27H27NO3. The number of nitrogens with zero attached hydrogens (tertiary/aromatic N) is 1. The van der Waals surface area contributed by atoms with Crippen LogP contribution in [0.15, 0.2) is 48.5 Å². The second-order valence-corrected chi connectivity index (χ2v) is 9.76. The molecule has 0 N–H and O–H groups in total. The highest BCUT2D eigenvalue weighted by Gasteiger charge is 2.55. The SMILES string of the molecule is N#Cc1ccc(CCOC(=O)C23CC4CC(CC(C4)C2)C3)c(C(=O)c2ccccc2)c1. The van der Waals surface area contributed by atoms with Gasteiger partial charge in [-0.25, -0.2) is 0 Å². The number of hydrogen-bond donors (Lipinski definition) is 0. The van der Waals surface area contributed by atoms with Gasteiger partial charge in [0.05, 0.1) is 23.7 Å². The highest BCUT2D eigenvalue weighted by molar-refractivity contribution is 6.10. The molecular weight excluding hydrogens is 386 g/mol. The Balaban J connectivity index is 1.29. The molecule has 0 aromatic heterocycles. The summed E-state index contributed by atoms with van der Waals surface area (Å²) < 4.78 is 5.81. The molecule has 0 amide bonds. The van der Waals surface area contributed by atoms with E-state index in [2.05, 4.69) is 6.07 Å². The summed E-state index contributed by atoms with van der Waals surface area (Å²) >= 11 is 0. The fourth-order valence-corrected chi connectivity index (χ4v) is 6.59. The molecule has 0 unspecified atom stereocenters. The van der Waals surface area contributed by atoms with Gasteiger partial charge in [0.1, 0.15) is 0 Å². The molecule has 4 aliphatic rings. The number of ether oxygens (including phenoxy) is 1. The predicted octanol–water partition coefficient (Wildman–Crippen LogP) is 5.09. The third-order valence-electron chi connectivity index (χ3n) is 7.60. The zero-order valence-electron chi connectivity index (χ0n) is 17.7. The van der Waals surface area contributed by atoms with Crippen LogP contribution in [0.1, 0.15) is 65.6 Å². The molecule has 2 aromatic rings. The molecule has 158 valence electrons. The smallest absolute Gasteiger partial charge is 0.312 e. The summed E-state index contributed by atoms with van der Waals surface area (Å²) in [6, 6.07) is 16.4. The van der Waals surface area contributed by atoms with Crippen molar-refractivity contribution in [2.75, 3.05) is 6.61 Å². The van der Waals surface area contributed by atoms with Gasteiger partial charge in [0.2, 0.25) is 0 Å². The first kappa shape index (κ1) is 20.0. The summed E-state index contributed by atoms with van der Waals surface area (Å²) in [5.74, 6) is 1.96. The maximum absolute atomic E-state index is 13.1. The van der Waals surface area contributed by atoms with Crippen LogP contribution in [0.4, 0.5) is 0 Å². The van der Waals surface area contributed by atoms with Crippen molar-refractivity contribution in [3.8, 4) is 6.07 Å². The zero-order chi connectivity index (χ0) is 21.4. The van der Waals surface area contributed by atoms with Gasteiger partial charge < -0.3 is 4.74 Å². The van der Waals surface area contributed by atoms with Gasteiger partial charge in [-0.15, -0.1) is 0 Å². The van der Waals surface area contributed by atoms with Crippen molar-refractivity contribution < 1.29 is 14.3 Å². The summed E-state index contributed by atoms with van der Waals surface area (Å²) in [6.07, 6.45) is 7.33. The summed E-state index contributed by atoms with van der Waals surface area (Å²) in [5, 5.41) is 9.28. The van der Waals surface area contributed by atoms with Crippen LogP contribution in [-0.4, -0.2) is 18.4 Å². The third kappa shape index (κ3) is 3.78. The average molecular weight is 414 g/mol. The second kappa shape index (κ2) is 7.96. The first-order valence-corrected chi connectivity index (χ1v) is 11.4. The predicted molar refractivity (Wildman–Crippen MR) is 116 cm³/mol. The molecule has 4 bridgehead atoms. The second-order valence-electron chi connectivity index (χ2n) is 9.76. The van der Waals surface area contributed by atoms with Crippen molar-refractivity contribution >= 4 is 11.8 Å². The Bertz CT molecular complexity index is 1010. The highest BCUT2D eigenvalue weighted by Crippen LogP contribution is 2.60. The third-order valence-corrected chi connectivity index (χ3v) is 7.60. The van der Waals surface area contributed by atoms with Crippen LogP contribution in [0.3, 0.4) is 0 Å². The molecule has 4 fully saturated rings. The minimum absolute atomic E-state index is 0.0313. The molecule has 4 saturated carbocycles. The molecule has 31 heavy (non-hydrogen) atoms. The largest absolute Gasteiger partial charge is 0.465 e. The number of benzene rings is 2. The number of carbonyl (C=O) groups excluding carboxylic acids is 2. The van der Waals surface area contributed by atoms with E-state index >= 15 is 0 Å². The fraction of sp³-hybridized carbons (Fsp3) is 0.444. The van der Waals surface area contributed by atoms with Crippen molar-refractivity contribution in [2.24, 2.45) is 23.2 Å². The lowest BCUT2D eigenvalue weighted by molar-refractivity contribution is -0.171. The fourth-order valence-electron chi connectivity index (χ4n) is 6.59. The average Bonchev–Trinajstić information content (AvgIpc) is 2.78. The number of nitriles is 1. The van der Waals surface area contributed by atoms with Crippen molar-refractivity contribution in [1.29, 1.82) is 5.26 Å².